The third kappa shape index (κ3) is 5.06. The Morgan fingerprint density at radius 1 is 1.22 bits per heavy atom. The molecule has 2 aliphatic rings. The van der Waals surface area contributed by atoms with Gasteiger partial charge < -0.3 is 15.4 Å². The van der Waals surface area contributed by atoms with E-state index >= 15 is 0 Å². The van der Waals surface area contributed by atoms with Crippen LogP contribution >= 0.6 is 0 Å². The number of pyridine rings is 1. The Labute approximate surface area is 211 Å². The van der Waals surface area contributed by atoms with Gasteiger partial charge in [-0.2, -0.15) is 4.40 Å². The molecule has 0 radical (unpaired) electrons. The molecule has 3 N–H and O–H groups in total. The average molecular weight is 505 g/mol. The topological polar surface area (TPSA) is 101 Å². The zero-order valence-corrected chi connectivity index (χ0v) is 21.0. The van der Waals surface area contributed by atoms with Crippen molar-refractivity contribution in [1.29, 1.82) is 0 Å². The predicted octanol–water partition coefficient (Wildman–Crippen LogP) is 2.79. The van der Waals surface area contributed by atoms with Crippen LogP contribution in [0.15, 0.2) is 71.4 Å². The van der Waals surface area contributed by atoms with Crippen molar-refractivity contribution in [2.24, 2.45) is 23.1 Å². The van der Waals surface area contributed by atoms with Crippen molar-refractivity contribution in [3.05, 3.63) is 78.1 Å². The van der Waals surface area contributed by atoms with Gasteiger partial charge in [0.2, 0.25) is 0 Å². The normalized spacial score (nSPS) is 21.2. The van der Waals surface area contributed by atoms with E-state index in [0.717, 1.165) is 30.5 Å². The highest BCUT2D eigenvalue weighted by atomic mass is 32.2. The van der Waals surface area contributed by atoms with E-state index in [9.17, 15) is 9.00 Å². The molecular weight excluding hydrogens is 474 g/mol. The molecule has 5 rings (SSSR count). The Kier molecular flexibility index (Phi) is 6.40. The molecule has 0 bridgehead atoms. The van der Waals surface area contributed by atoms with Crippen molar-refractivity contribution in [2.75, 3.05) is 24.4 Å². The number of amidine groups is 1. The van der Waals surface area contributed by atoms with Crippen molar-refractivity contribution in [2.45, 2.75) is 12.8 Å². The largest absolute Gasteiger partial charge is 0.492 e. The number of aryl methyl sites for hydroxylation is 1. The van der Waals surface area contributed by atoms with Crippen LogP contribution in [0.3, 0.4) is 0 Å². The standard InChI is InChI=1S/C27H30N5O3S/c1-31-14-11-20(12-15-31)21-7-3-8-22(16-21)27(33)32-13-5-6-19(17-32)18-35-24-10-4-9-23-25(24)26(28)30-36(2,34)29-23/h3-4,7-12,14-16,19H,2,5-6,13,17-18H2,1H3,(H3,28,29,30,34)/q+1. The van der Waals surface area contributed by atoms with Gasteiger partial charge in [-0.1, -0.05) is 18.2 Å². The summed E-state index contributed by atoms with van der Waals surface area (Å²) in [5, 5.41) is 0. The number of aromatic nitrogens is 1. The first-order valence-electron chi connectivity index (χ1n) is 11.9. The summed E-state index contributed by atoms with van der Waals surface area (Å²) in [6.45, 7) is 1.78. The van der Waals surface area contributed by atoms with E-state index in [0.29, 0.717) is 35.7 Å². The van der Waals surface area contributed by atoms with Gasteiger partial charge in [-0.05, 0) is 54.1 Å². The monoisotopic (exact) mass is 504 g/mol. The van der Waals surface area contributed by atoms with Crippen molar-refractivity contribution in [1.82, 2.24) is 4.90 Å². The fourth-order valence-electron chi connectivity index (χ4n) is 4.70. The van der Waals surface area contributed by atoms with Gasteiger partial charge in [0.1, 0.15) is 18.6 Å². The fraction of sp³-hybridized carbons (Fsp3) is 0.259. The van der Waals surface area contributed by atoms with Gasteiger partial charge in [0.25, 0.3) is 5.91 Å². The summed E-state index contributed by atoms with van der Waals surface area (Å²) in [4.78, 5) is 15.3. The van der Waals surface area contributed by atoms with Gasteiger partial charge in [-0.3, -0.25) is 9.52 Å². The number of carbonyl (C=O) groups excluding carboxylic acids is 1. The second kappa shape index (κ2) is 9.66. The minimum Gasteiger partial charge on any atom is -0.492 e. The number of hydrogen-bond donors (Lipinski definition) is 2. The smallest absolute Gasteiger partial charge is 0.253 e. The first kappa shape index (κ1) is 23.9. The number of ether oxygens (including phenoxy) is 1. The summed E-state index contributed by atoms with van der Waals surface area (Å²) in [7, 11) is -0.873. The zero-order valence-electron chi connectivity index (χ0n) is 20.2. The van der Waals surface area contributed by atoms with E-state index in [1.807, 2.05) is 77.4 Å². The summed E-state index contributed by atoms with van der Waals surface area (Å²) < 4.78 is 27.2. The first-order valence-corrected chi connectivity index (χ1v) is 13.6. The third-order valence-corrected chi connectivity index (χ3v) is 7.53. The minimum atomic E-state index is -2.85. The SMILES string of the molecule is C=S1(=O)N=C(N)c2c(cccc2OCC2CCCN(C(=O)c3cccc(-c4cc[n+](C)cc4)c3)C2)N1. The summed E-state index contributed by atoms with van der Waals surface area (Å²) in [6, 6.07) is 17.3. The lowest BCUT2D eigenvalue weighted by Gasteiger charge is -2.33. The van der Waals surface area contributed by atoms with E-state index in [-0.39, 0.29) is 17.7 Å². The van der Waals surface area contributed by atoms with E-state index < -0.39 is 9.89 Å². The van der Waals surface area contributed by atoms with E-state index in [1.54, 1.807) is 6.07 Å². The molecule has 2 unspecified atom stereocenters. The van der Waals surface area contributed by atoms with E-state index in [4.69, 9.17) is 10.5 Å². The Bertz CT molecular complexity index is 1430. The Balaban J connectivity index is 1.27. The second-order valence-electron chi connectivity index (χ2n) is 9.30. The van der Waals surface area contributed by atoms with Crippen LogP contribution in [0.5, 0.6) is 5.75 Å². The number of fused-ring (bicyclic) bond motifs is 1. The van der Waals surface area contributed by atoms with Crippen LogP contribution in [0.2, 0.25) is 0 Å². The molecule has 0 aliphatic carbocycles. The lowest BCUT2D eigenvalue weighted by molar-refractivity contribution is -0.671. The molecule has 9 heteroatoms. The van der Waals surface area contributed by atoms with Gasteiger partial charge in [0.05, 0.1) is 17.9 Å². The number of rotatable bonds is 5. The van der Waals surface area contributed by atoms with Crippen LogP contribution in [-0.2, 0) is 16.9 Å². The van der Waals surface area contributed by atoms with Crippen molar-refractivity contribution in [3.63, 3.8) is 0 Å². The fourth-order valence-corrected chi connectivity index (χ4v) is 5.67. The maximum absolute atomic E-state index is 13.4. The summed E-state index contributed by atoms with van der Waals surface area (Å²) in [5.74, 6) is 4.51. The molecule has 186 valence electrons. The Hall–Kier alpha value is -3.85. The first-order chi connectivity index (χ1) is 17.3. The minimum absolute atomic E-state index is 0.0333. The molecular formula is C27H30N5O3S+. The number of amides is 1. The molecule has 2 atom stereocenters. The van der Waals surface area contributed by atoms with Gasteiger partial charge in [-0.25, -0.2) is 8.78 Å². The highest BCUT2D eigenvalue weighted by molar-refractivity contribution is 8.00. The number of carbonyl (C=O) groups is 1. The quantitative estimate of drug-likeness (QED) is 0.412. The number of nitrogens with two attached hydrogens (primary N) is 1. The van der Waals surface area contributed by atoms with Crippen LogP contribution < -0.4 is 19.8 Å². The zero-order chi connectivity index (χ0) is 25.3. The summed E-state index contributed by atoms with van der Waals surface area (Å²) in [6.07, 6.45) is 5.87. The number of benzene rings is 2. The van der Waals surface area contributed by atoms with Crippen LogP contribution in [0.4, 0.5) is 5.69 Å². The van der Waals surface area contributed by atoms with Crippen molar-refractivity contribution in [3.8, 4) is 16.9 Å². The van der Waals surface area contributed by atoms with E-state index in [2.05, 4.69) is 15.0 Å². The lowest BCUT2D eigenvalue weighted by Crippen LogP contribution is -2.41. The highest BCUT2D eigenvalue weighted by Crippen LogP contribution is 2.31. The molecule has 1 saturated heterocycles. The van der Waals surface area contributed by atoms with E-state index in [1.165, 1.54) is 0 Å². The van der Waals surface area contributed by atoms with Crippen LogP contribution in [-0.4, -0.2) is 46.4 Å². The number of nitrogens with one attached hydrogen (secondary N) is 1. The molecule has 1 amide bonds. The Morgan fingerprint density at radius 2 is 2.00 bits per heavy atom. The van der Waals surface area contributed by atoms with Crippen LogP contribution in [0.25, 0.3) is 11.1 Å². The van der Waals surface area contributed by atoms with Gasteiger partial charge in [-0.15, -0.1) is 0 Å². The maximum atomic E-state index is 13.4. The molecule has 3 aromatic rings. The van der Waals surface area contributed by atoms with Gasteiger partial charge >= 0.3 is 0 Å². The van der Waals surface area contributed by atoms with Gasteiger partial charge in [0.15, 0.2) is 22.3 Å². The number of likely N-dealkylation sites (tertiary alicyclic amines) is 1. The third-order valence-electron chi connectivity index (χ3n) is 6.50. The van der Waals surface area contributed by atoms with Crippen molar-refractivity contribution >= 4 is 33.2 Å². The molecule has 8 nitrogen and oxygen atoms in total. The molecule has 2 aromatic carbocycles. The second-order valence-corrected chi connectivity index (χ2v) is 11.0. The molecule has 1 aromatic heterocycles. The molecule has 36 heavy (non-hydrogen) atoms. The maximum Gasteiger partial charge on any atom is 0.253 e. The molecule has 0 saturated carbocycles. The predicted molar refractivity (Wildman–Crippen MR) is 143 cm³/mol. The van der Waals surface area contributed by atoms with Crippen LogP contribution in [0, 0.1) is 5.92 Å². The number of anilines is 1. The van der Waals surface area contributed by atoms with Gasteiger partial charge in [0, 0.05) is 36.7 Å². The lowest BCUT2D eigenvalue weighted by atomic mass is 9.97. The molecule has 3 heterocycles. The molecule has 0 spiro atoms. The summed E-state index contributed by atoms with van der Waals surface area (Å²) >= 11 is 0. The number of hydrogen-bond acceptors (Lipinski definition) is 4. The Morgan fingerprint density at radius 3 is 2.81 bits per heavy atom. The number of piperidine rings is 1. The molecule has 2 aliphatic heterocycles. The summed E-state index contributed by atoms with van der Waals surface area (Å²) in [5.41, 5.74) is 10.0. The van der Waals surface area contributed by atoms with Crippen molar-refractivity contribution < 1.29 is 18.3 Å². The average Bonchev–Trinajstić information content (AvgIpc) is 2.87. The van der Waals surface area contributed by atoms with Crippen LogP contribution in [0.1, 0.15) is 28.8 Å². The highest BCUT2D eigenvalue weighted by Gasteiger charge is 2.27. The number of nitrogens with zero attached hydrogens (tertiary/aromatic N) is 3. The molecule has 1 fully saturated rings.